The Kier molecular flexibility index (Phi) is 7.94. The van der Waals surface area contributed by atoms with Gasteiger partial charge in [0.25, 0.3) is 0 Å². The number of hydrogen-bond donors (Lipinski definition) is 1. The number of carboxylic acids is 1. The first-order valence-corrected chi connectivity index (χ1v) is 12.5. The van der Waals surface area contributed by atoms with Gasteiger partial charge in [0.05, 0.1) is 5.56 Å². The van der Waals surface area contributed by atoms with Crippen molar-refractivity contribution in [2.75, 3.05) is 0 Å². The lowest BCUT2D eigenvalue weighted by Crippen LogP contribution is -2.15. The van der Waals surface area contributed by atoms with Crippen molar-refractivity contribution in [1.29, 1.82) is 0 Å². The first-order chi connectivity index (χ1) is 16.9. The molecule has 35 heavy (non-hydrogen) atoms. The third kappa shape index (κ3) is 5.77. The van der Waals surface area contributed by atoms with E-state index in [0.29, 0.717) is 16.7 Å². The summed E-state index contributed by atoms with van der Waals surface area (Å²) in [5.41, 5.74) is 2.60. The highest BCUT2D eigenvalue weighted by atomic mass is 19.2. The Bertz CT molecular complexity index is 1160. The summed E-state index contributed by atoms with van der Waals surface area (Å²) in [6.07, 6.45) is 9.96. The summed E-state index contributed by atoms with van der Waals surface area (Å²) >= 11 is 0. The lowest BCUT2D eigenvalue weighted by Gasteiger charge is -2.28. The van der Waals surface area contributed by atoms with Crippen LogP contribution in [0.15, 0.2) is 54.6 Å². The molecule has 1 saturated carbocycles. The minimum Gasteiger partial charge on any atom is -0.478 e. The second kappa shape index (κ2) is 11.1. The topological polar surface area (TPSA) is 37.3 Å². The molecule has 184 valence electrons. The fourth-order valence-corrected chi connectivity index (χ4v) is 5.42. The first-order valence-electron chi connectivity index (χ1n) is 12.5. The largest absolute Gasteiger partial charge is 0.478 e. The summed E-state index contributed by atoms with van der Waals surface area (Å²) in [6.45, 7) is 2.25. The van der Waals surface area contributed by atoms with Crippen LogP contribution in [0.5, 0.6) is 0 Å². The van der Waals surface area contributed by atoms with Crippen molar-refractivity contribution in [2.45, 2.75) is 58.3 Å². The Morgan fingerprint density at radius 3 is 2.03 bits per heavy atom. The minimum absolute atomic E-state index is 0.0178. The van der Waals surface area contributed by atoms with Crippen LogP contribution in [0.25, 0.3) is 22.3 Å². The maximum atomic E-state index is 13.9. The third-order valence-corrected chi connectivity index (χ3v) is 7.34. The fraction of sp³-hybridized carbons (Fsp3) is 0.367. The van der Waals surface area contributed by atoms with Crippen molar-refractivity contribution < 1.29 is 23.1 Å². The molecular weight excluding hydrogens is 449 g/mol. The van der Waals surface area contributed by atoms with Crippen LogP contribution in [-0.4, -0.2) is 11.1 Å². The van der Waals surface area contributed by atoms with E-state index >= 15 is 0 Å². The maximum Gasteiger partial charge on any atom is 0.336 e. The molecule has 0 atom stereocenters. The number of carbonyl (C=O) groups is 1. The lowest BCUT2D eigenvalue weighted by atomic mass is 9.78. The van der Waals surface area contributed by atoms with Crippen LogP contribution in [0.2, 0.25) is 0 Å². The molecule has 1 aliphatic carbocycles. The third-order valence-electron chi connectivity index (χ3n) is 7.34. The second-order valence-corrected chi connectivity index (χ2v) is 9.70. The normalized spacial score (nSPS) is 17.9. The van der Waals surface area contributed by atoms with Crippen LogP contribution >= 0.6 is 0 Å². The van der Waals surface area contributed by atoms with Gasteiger partial charge in [-0.3, -0.25) is 0 Å². The van der Waals surface area contributed by atoms with Gasteiger partial charge in [0, 0.05) is 5.56 Å². The number of rotatable bonds is 8. The predicted octanol–water partition coefficient (Wildman–Crippen LogP) is 8.68. The smallest absolute Gasteiger partial charge is 0.336 e. The van der Waals surface area contributed by atoms with Crippen molar-refractivity contribution in [3.8, 4) is 22.3 Å². The number of aryl methyl sites for hydroxylation is 1. The summed E-state index contributed by atoms with van der Waals surface area (Å²) in [7, 11) is 0. The number of halogens is 3. The molecule has 0 aliphatic heterocycles. The Labute approximate surface area is 204 Å². The molecule has 0 aromatic heterocycles. The van der Waals surface area contributed by atoms with E-state index in [1.54, 1.807) is 6.07 Å². The van der Waals surface area contributed by atoms with Gasteiger partial charge in [-0.25, -0.2) is 18.0 Å². The lowest BCUT2D eigenvalue weighted by molar-refractivity contribution is 0.0697. The average molecular weight is 481 g/mol. The summed E-state index contributed by atoms with van der Waals surface area (Å²) in [6, 6.07) is 14.1. The SMILES string of the molecule is CCCC1CCC(CCc2ccc(-c3c(C(=O)O)cccc3-c3cc(F)c(F)c(F)c3)cc2)CC1. The van der Waals surface area contributed by atoms with Gasteiger partial charge in [-0.2, -0.15) is 0 Å². The van der Waals surface area contributed by atoms with Gasteiger partial charge in [-0.1, -0.05) is 81.8 Å². The minimum atomic E-state index is -1.55. The zero-order valence-corrected chi connectivity index (χ0v) is 20.0. The molecule has 0 spiro atoms. The second-order valence-electron chi connectivity index (χ2n) is 9.70. The molecule has 0 bridgehead atoms. The number of hydrogen-bond acceptors (Lipinski definition) is 1. The van der Waals surface area contributed by atoms with Crippen LogP contribution in [-0.2, 0) is 6.42 Å². The van der Waals surface area contributed by atoms with E-state index in [9.17, 15) is 23.1 Å². The molecule has 1 aliphatic rings. The molecule has 1 fully saturated rings. The summed E-state index contributed by atoms with van der Waals surface area (Å²) < 4.78 is 41.4. The van der Waals surface area contributed by atoms with Gasteiger partial charge in [0.1, 0.15) is 0 Å². The fourth-order valence-electron chi connectivity index (χ4n) is 5.42. The van der Waals surface area contributed by atoms with Gasteiger partial charge in [0.15, 0.2) is 17.5 Å². The molecule has 2 nitrogen and oxygen atoms in total. The van der Waals surface area contributed by atoms with Crippen molar-refractivity contribution in [1.82, 2.24) is 0 Å². The van der Waals surface area contributed by atoms with Gasteiger partial charge >= 0.3 is 5.97 Å². The van der Waals surface area contributed by atoms with Gasteiger partial charge in [-0.05, 0) is 65.1 Å². The van der Waals surface area contributed by atoms with Crippen molar-refractivity contribution >= 4 is 5.97 Å². The Morgan fingerprint density at radius 2 is 1.46 bits per heavy atom. The van der Waals surface area contributed by atoms with Gasteiger partial charge in [-0.15, -0.1) is 0 Å². The number of benzene rings is 3. The number of carboxylic acid groups (broad SMARTS) is 1. The van der Waals surface area contributed by atoms with Crippen LogP contribution in [0.3, 0.4) is 0 Å². The standard InChI is InChI=1S/C30H31F3O2/c1-2-4-19-7-9-20(10-8-19)11-12-21-13-15-22(16-14-21)28-24(5-3-6-25(28)30(34)35)23-17-26(31)29(33)27(32)18-23/h3,5-6,13-20H,2,4,7-12H2,1H3,(H,34,35). The van der Waals surface area contributed by atoms with E-state index < -0.39 is 23.4 Å². The van der Waals surface area contributed by atoms with Crippen LogP contribution in [0.4, 0.5) is 13.2 Å². The summed E-state index contributed by atoms with van der Waals surface area (Å²) in [4.78, 5) is 12.0. The molecule has 5 heteroatoms. The predicted molar refractivity (Wildman–Crippen MR) is 133 cm³/mol. The van der Waals surface area contributed by atoms with E-state index in [2.05, 4.69) is 6.92 Å². The van der Waals surface area contributed by atoms with Crippen LogP contribution < -0.4 is 0 Å². The quantitative estimate of drug-likeness (QED) is 0.328. The molecule has 0 saturated heterocycles. The van der Waals surface area contributed by atoms with Crippen molar-refractivity contribution in [3.05, 3.63) is 83.2 Å². The Hall–Kier alpha value is -3.08. The van der Waals surface area contributed by atoms with Gasteiger partial charge < -0.3 is 5.11 Å². The molecule has 1 N–H and O–H groups in total. The zero-order valence-electron chi connectivity index (χ0n) is 20.0. The van der Waals surface area contributed by atoms with E-state index in [0.717, 1.165) is 36.8 Å². The molecule has 0 radical (unpaired) electrons. The molecule has 0 heterocycles. The summed E-state index contributed by atoms with van der Waals surface area (Å²) in [5.74, 6) is -3.68. The van der Waals surface area contributed by atoms with E-state index in [1.165, 1.54) is 56.2 Å². The Morgan fingerprint density at radius 1 is 0.857 bits per heavy atom. The summed E-state index contributed by atoms with van der Waals surface area (Å²) in [5, 5.41) is 9.78. The van der Waals surface area contributed by atoms with E-state index in [4.69, 9.17) is 0 Å². The van der Waals surface area contributed by atoms with Gasteiger partial charge in [0.2, 0.25) is 0 Å². The van der Waals surface area contributed by atoms with E-state index in [1.807, 2.05) is 24.3 Å². The monoisotopic (exact) mass is 480 g/mol. The first kappa shape index (κ1) is 25.0. The molecule has 0 amide bonds. The van der Waals surface area contributed by atoms with Crippen molar-refractivity contribution in [2.24, 2.45) is 11.8 Å². The highest BCUT2D eigenvalue weighted by Gasteiger charge is 2.21. The Balaban J connectivity index is 1.56. The maximum absolute atomic E-state index is 13.9. The highest BCUT2D eigenvalue weighted by molar-refractivity contribution is 6.01. The van der Waals surface area contributed by atoms with E-state index in [-0.39, 0.29) is 11.1 Å². The molecule has 3 aromatic rings. The highest BCUT2D eigenvalue weighted by Crippen LogP contribution is 2.37. The van der Waals surface area contributed by atoms with Crippen molar-refractivity contribution in [3.63, 3.8) is 0 Å². The zero-order chi connectivity index (χ0) is 24.9. The van der Waals surface area contributed by atoms with Crippen LogP contribution in [0, 0.1) is 29.3 Å². The number of aromatic carboxylic acids is 1. The molecule has 4 rings (SSSR count). The molecule has 0 unspecified atom stereocenters. The van der Waals surface area contributed by atoms with Crippen LogP contribution in [0.1, 0.15) is 67.8 Å². The molecular formula is C30H31F3O2. The average Bonchev–Trinajstić information content (AvgIpc) is 2.86. The molecule has 3 aromatic carbocycles.